The van der Waals surface area contributed by atoms with Gasteiger partial charge in [0.15, 0.2) is 5.96 Å². The van der Waals surface area contributed by atoms with Crippen LogP contribution in [-0.2, 0) is 4.74 Å². The van der Waals surface area contributed by atoms with Gasteiger partial charge >= 0.3 is 0 Å². The molecule has 1 saturated heterocycles. The number of ether oxygens (including phenoxy) is 1. The summed E-state index contributed by atoms with van der Waals surface area (Å²) in [5, 5.41) is 9.79. The van der Waals surface area contributed by atoms with Crippen molar-refractivity contribution in [3.8, 4) is 0 Å². The molecule has 1 aliphatic heterocycles. The third kappa shape index (κ3) is 2.20. The predicted octanol–water partition coefficient (Wildman–Crippen LogP) is -0.499. The molecular formula is C7H14N4O. The predicted molar refractivity (Wildman–Crippen MR) is 47.7 cm³/mol. The van der Waals surface area contributed by atoms with Crippen molar-refractivity contribution < 1.29 is 4.74 Å². The first-order chi connectivity index (χ1) is 5.88. The van der Waals surface area contributed by atoms with Crippen molar-refractivity contribution in [3.63, 3.8) is 0 Å². The van der Waals surface area contributed by atoms with E-state index in [4.69, 9.17) is 10.1 Å². The monoisotopic (exact) mass is 170 g/mol. The minimum Gasteiger partial charge on any atom is -0.378 e. The maximum Gasteiger partial charge on any atom is 0.199 e. The van der Waals surface area contributed by atoms with Gasteiger partial charge in [0, 0.05) is 20.1 Å². The second-order valence-electron chi connectivity index (χ2n) is 2.43. The minimum absolute atomic E-state index is 0.735. The highest BCUT2D eigenvalue weighted by atomic mass is 16.5. The largest absolute Gasteiger partial charge is 0.378 e. The van der Waals surface area contributed by atoms with E-state index >= 15 is 0 Å². The number of rotatable bonds is 1. The van der Waals surface area contributed by atoms with Crippen LogP contribution in [0.2, 0.25) is 0 Å². The third-order valence-electron chi connectivity index (χ3n) is 1.72. The fourth-order valence-corrected chi connectivity index (χ4v) is 1.14. The maximum absolute atomic E-state index is 6.84. The molecule has 12 heavy (non-hydrogen) atoms. The van der Waals surface area contributed by atoms with Crippen molar-refractivity contribution in [1.29, 1.82) is 5.41 Å². The van der Waals surface area contributed by atoms with E-state index < -0.39 is 0 Å². The Morgan fingerprint density at radius 1 is 1.58 bits per heavy atom. The van der Waals surface area contributed by atoms with Crippen molar-refractivity contribution in [2.75, 3.05) is 33.4 Å². The molecule has 0 amide bonds. The number of morpholine rings is 1. The molecule has 1 rings (SSSR count). The summed E-state index contributed by atoms with van der Waals surface area (Å²) in [5.74, 6) is 0.744. The molecule has 0 spiro atoms. The van der Waals surface area contributed by atoms with Gasteiger partial charge in [0.2, 0.25) is 0 Å². The fraction of sp³-hybridized carbons (Fsp3) is 0.714. The van der Waals surface area contributed by atoms with E-state index in [0.717, 1.165) is 38.6 Å². The molecular weight excluding hydrogens is 156 g/mol. The molecule has 5 nitrogen and oxygen atoms in total. The average molecular weight is 170 g/mol. The lowest BCUT2D eigenvalue weighted by Crippen LogP contribution is -2.46. The number of guanidine groups is 1. The first-order valence-electron chi connectivity index (χ1n) is 3.95. The van der Waals surface area contributed by atoms with Crippen LogP contribution in [0.25, 0.3) is 0 Å². The minimum atomic E-state index is 0.735. The highest BCUT2D eigenvalue weighted by Crippen LogP contribution is 1.96. The molecule has 2 N–H and O–H groups in total. The summed E-state index contributed by atoms with van der Waals surface area (Å²) in [6.07, 6.45) is 1.04. The van der Waals surface area contributed by atoms with Gasteiger partial charge < -0.3 is 15.0 Å². The first kappa shape index (κ1) is 8.99. The lowest BCUT2D eigenvalue weighted by atomic mass is 10.4. The lowest BCUT2D eigenvalue weighted by molar-refractivity contribution is 0.0668. The maximum atomic E-state index is 6.84. The summed E-state index contributed by atoms with van der Waals surface area (Å²) in [6.45, 7) is 3.15. The van der Waals surface area contributed by atoms with E-state index in [2.05, 4.69) is 15.2 Å². The second-order valence-corrected chi connectivity index (χ2v) is 2.43. The van der Waals surface area contributed by atoms with Gasteiger partial charge in [-0.2, -0.15) is 0 Å². The van der Waals surface area contributed by atoms with Gasteiger partial charge in [0.1, 0.15) is 6.34 Å². The zero-order valence-electron chi connectivity index (χ0n) is 7.21. The molecule has 0 atom stereocenters. The third-order valence-corrected chi connectivity index (χ3v) is 1.72. The Morgan fingerprint density at radius 2 is 2.25 bits per heavy atom. The Hall–Kier alpha value is -1.10. The topological polar surface area (TPSA) is 60.7 Å². The number of aliphatic imine (C=N–C) groups is 1. The van der Waals surface area contributed by atoms with Crippen LogP contribution in [0.3, 0.4) is 0 Å². The Balaban J connectivity index is 2.51. The van der Waals surface area contributed by atoms with Gasteiger partial charge in [-0.05, 0) is 0 Å². The van der Waals surface area contributed by atoms with E-state index in [-0.39, 0.29) is 0 Å². The molecule has 0 unspecified atom stereocenters. The second kappa shape index (κ2) is 4.71. The zero-order valence-corrected chi connectivity index (χ0v) is 7.21. The van der Waals surface area contributed by atoms with Gasteiger partial charge in [0.25, 0.3) is 0 Å². The molecule has 0 aromatic carbocycles. The van der Waals surface area contributed by atoms with Crippen LogP contribution in [-0.4, -0.2) is 50.5 Å². The molecule has 0 aliphatic carbocycles. The van der Waals surface area contributed by atoms with Gasteiger partial charge in [-0.3, -0.25) is 5.41 Å². The van der Waals surface area contributed by atoms with Gasteiger partial charge in [-0.15, -0.1) is 0 Å². The molecule has 5 heteroatoms. The fourth-order valence-electron chi connectivity index (χ4n) is 1.14. The van der Waals surface area contributed by atoms with Crippen molar-refractivity contribution >= 4 is 12.3 Å². The van der Waals surface area contributed by atoms with Crippen LogP contribution in [0.4, 0.5) is 0 Å². The quantitative estimate of drug-likeness (QED) is 0.412. The van der Waals surface area contributed by atoms with Crippen molar-refractivity contribution in [3.05, 3.63) is 0 Å². The zero-order chi connectivity index (χ0) is 8.81. The van der Waals surface area contributed by atoms with E-state index in [1.54, 1.807) is 7.05 Å². The summed E-state index contributed by atoms with van der Waals surface area (Å²) in [5.41, 5.74) is 0. The van der Waals surface area contributed by atoms with Gasteiger partial charge in [-0.25, -0.2) is 4.99 Å². The van der Waals surface area contributed by atoms with E-state index in [1.165, 1.54) is 0 Å². The Morgan fingerprint density at radius 3 is 2.75 bits per heavy atom. The number of hydrogen-bond acceptors (Lipinski definition) is 2. The molecule has 0 bridgehead atoms. The summed E-state index contributed by atoms with van der Waals surface area (Å²) >= 11 is 0. The van der Waals surface area contributed by atoms with E-state index in [9.17, 15) is 0 Å². The average Bonchev–Trinajstić information content (AvgIpc) is 2.15. The van der Waals surface area contributed by atoms with E-state index in [1.807, 2.05) is 0 Å². The SMILES string of the molecule is CN/C(=N\C=N)N1CCOCC1. The van der Waals surface area contributed by atoms with Crippen LogP contribution in [0.1, 0.15) is 0 Å². The molecule has 1 fully saturated rings. The highest BCUT2D eigenvalue weighted by molar-refractivity contribution is 5.86. The van der Waals surface area contributed by atoms with Crippen molar-refractivity contribution in [2.24, 2.45) is 4.99 Å². The standard InChI is InChI=1S/C7H14N4O/c1-9-7(10-6-8)11-2-4-12-5-3-11/h6H,2-5H2,1H3,(H2,8,9,10). The van der Waals surface area contributed by atoms with Crippen molar-refractivity contribution in [2.45, 2.75) is 0 Å². The molecule has 0 aromatic rings. The lowest BCUT2D eigenvalue weighted by Gasteiger charge is -2.28. The van der Waals surface area contributed by atoms with Crippen LogP contribution >= 0.6 is 0 Å². The number of hydrogen-bond donors (Lipinski definition) is 2. The van der Waals surface area contributed by atoms with E-state index in [0.29, 0.717) is 0 Å². The molecule has 0 aromatic heterocycles. The van der Waals surface area contributed by atoms with Crippen LogP contribution in [0, 0.1) is 5.41 Å². The van der Waals surface area contributed by atoms with Crippen LogP contribution in [0.5, 0.6) is 0 Å². The first-order valence-corrected chi connectivity index (χ1v) is 3.95. The summed E-state index contributed by atoms with van der Waals surface area (Å²) in [7, 11) is 1.80. The number of nitrogens with zero attached hydrogens (tertiary/aromatic N) is 2. The molecule has 68 valence electrons. The summed E-state index contributed by atoms with van der Waals surface area (Å²) in [6, 6.07) is 0. The summed E-state index contributed by atoms with van der Waals surface area (Å²) < 4.78 is 5.19. The Bertz CT molecular complexity index is 174. The normalized spacial score (nSPS) is 19.1. The van der Waals surface area contributed by atoms with Crippen molar-refractivity contribution in [1.82, 2.24) is 10.2 Å². The van der Waals surface area contributed by atoms with Gasteiger partial charge in [0.05, 0.1) is 13.2 Å². The van der Waals surface area contributed by atoms with Crippen LogP contribution < -0.4 is 5.32 Å². The summed E-state index contributed by atoms with van der Waals surface area (Å²) in [4.78, 5) is 5.95. The highest BCUT2D eigenvalue weighted by Gasteiger charge is 2.12. The van der Waals surface area contributed by atoms with Crippen LogP contribution in [0.15, 0.2) is 4.99 Å². The Kier molecular flexibility index (Phi) is 3.53. The smallest absolute Gasteiger partial charge is 0.199 e. The molecule has 1 aliphatic rings. The molecule has 1 heterocycles. The molecule has 0 radical (unpaired) electrons. The Labute approximate surface area is 71.9 Å². The number of nitrogens with one attached hydrogen (secondary N) is 2. The van der Waals surface area contributed by atoms with Gasteiger partial charge in [-0.1, -0.05) is 0 Å². The molecule has 0 saturated carbocycles.